The van der Waals surface area contributed by atoms with E-state index in [4.69, 9.17) is 9.31 Å². The number of carbonyl (C=O) groups is 1. The van der Waals surface area contributed by atoms with Crippen molar-refractivity contribution < 1.29 is 22.9 Å². The van der Waals surface area contributed by atoms with E-state index in [-0.39, 0.29) is 22.5 Å². The molecule has 0 aromatic heterocycles. The van der Waals surface area contributed by atoms with Crippen LogP contribution in [0, 0.1) is 11.6 Å². The van der Waals surface area contributed by atoms with E-state index >= 15 is 0 Å². The Morgan fingerprint density at radius 2 is 1.80 bits per heavy atom. The maximum absolute atomic E-state index is 14.2. The molecule has 0 aliphatic carbocycles. The molecule has 1 aromatic rings. The number of nitrogens with one attached hydrogen (secondary N) is 1. The van der Waals surface area contributed by atoms with E-state index in [9.17, 15) is 13.6 Å². The monoisotopic (exact) mass is 415 g/mol. The van der Waals surface area contributed by atoms with E-state index in [1.165, 1.54) is 19.1 Å². The first-order chi connectivity index (χ1) is 11.4. The third-order valence-corrected chi connectivity index (χ3v) is 5.13. The van der Waals surface area contributed by atoms with Crippen molar-refractivity contribution in [2.45, 2.75) is 45.8 Å². The van der Waals surface area contributed by atoms with Gasteiger partial charge in [-0.2, -0.15) is 0 Å². The molecule has 1 heterocycles. The van der Waals surface area contributed by atoms with E-state index in [0.717, 1.165) is 6.07 Å². The average Bonchev–Trinajstić information content (AvgIpc) is 2.65. The van der Waals surface area contributed by atoms with Crippen LogP contribution in [0.1, 0.15) is 40.2 Å². The highest BCUT2D eigenvalue weighted by atomic mass is 79.9. The van der Waals surface area contributed by atoms with Crippen LogP contribution in [0.25, 0.3) is 6.08 Å². The Kier molecular flexibility index (Phi) is 5.76. The third-order valence-electron chi connectivity index (χ3n) is 4.47. The number of halogens is 3. The minimum Gasteiger partial charge on any atom is -0.400 e. The lowest BCUT2D eigenvalue weighted by Gasteiger charge is -2.32. The van der Waals surface area contributed by atoms with Gasteiger partial charge in [0.15, 0.2) is 0 Å². The first-order valence-corrected chi connectivity index (χ1v) is 8.67. The predicted octanol–water partition coefficient (Wildman–Crippen LogP) is 3.88. The lowest BCUT2D eigenvalue weighted by atomic mass is 9.77. The highest BCUT2D eigenvalue weighted by Gasteiger charge is 2.52. The van der Waals surface area contributed by atoms with Crippen molar-refractivity contribution in [2.24, 2.45) is 0 Å². The Morgan fingerprint density at radius 3 is 2.28 bits per heavy atom. The van der Waals surface area contributed by atoms with Gasteiger partial charge in [0.2, 0.25) is 5.91 Å². The highest BCUT2D eigenvalue weighted by Crippen LogP contribution is 2.39. The van der Waals surface area contributed by atoms with Crippen LogP contribution in [-0.2, 0) is 14.1 Å². The summed E-state index contributed by atoms with van der Waals surface area (Å²) in [6.45, 7) is 9.11. The largest absolute Gasteiger partial charge is 0.492 e. The molecule has 8 heteroatoms. The zero-order valence-electron chi connectivity index (χ0n) is 14.9. The van der Waals surface area contributed by atoms with Gasteiger partial charge in [0.25, 0.3) is 0 Å². The molecule has 4 nitrogen and oxygen atoms in total. The lowest BCUT2D eigenvalue weighted by molar-refractivity contribution is -0.118. The Balaban J connectivity index is 2.42. The molecule has 2 rings (SSSR count). The van der Waals surface area contributed by atoms with Crippen LogP contribution >= 0.6 is 15.9 Å². The van der Waals surface area contributed by atoms with Crippen LogP contribution in [-0.4, -0.2) is 30.8 Å². The average molecular weight is 416 g/mol. The smallest absolute Gasteiger partial charge is 0.400 e. The Labute approximate surface area is 155 Å². The van der Waals surface area contributed by atoms with E-state index in [0.29, 0.717) is 5.47 Å². The van der Waals surface area contributed by atoms with Crippen molar-refractivity contribution in [1.29, 1.82) is 0 Å². The molecule has 1 fully saturated rings. The highest BCUT2D eigenvalue weighted by molar-refractivity contribution is 9.10. The molecular formula is C17H21BBrF2NO3. The summed E-state index contributed by atoms with van der Waals surface area (Å²) in [6.07, 6.45) is 1.51. The summed E-state index contributed by atoms with van der Waals surface area (Å²) >= 11 is 3.17. The molecule has 136 valence electrons. The zero-order valence-corrected chi connectivity index (χ0v) is 16.5. The van der Waals surface area contributed by atoms with Gasteiger partial charge in [-0.15, -0.1) is 0 Å². The molecule has 25 heavy (non-hydrogen) atoms. The first kappa shape index (κ1) is 20.1. The van der Waals surface area contributed by atoms with E-state index in [1.54, 1.807) is 0 Å². The molecule has 0 bridgehead atoms. The van der Waals surface area contributed by atoms with Crippen molar-refractivity contribution in [1.82, 2.24) is 5.32 Å². The molecule has 0 radical (unpaired) electrons. The molecule has 1 saturated heterocycles. The van der Waals surface area contributed by atoms with Gasteiger partial charge in [-0.05, 0) is 55.2 Å². The molecule has 1 aliphatic rings. The van der Waals surface area contributed by atoms with Crippen molar-refractivity contribution in [3.05, 3.63) is 39.3 Å². The SMILES string of the molecule is CC(=O)NCC(=Cc1c(F)cc(F)cc1Br)B1OC(C)(C)C(C)(C)O1. The summed E-state index contributed by atoms with van der Waals surface area (Å²) in [7, 11) is -0.756. The van der Waals surface area contributed by atoms with Gasteiger partial charge >= 0.3 is 7.12 Å². The molecular weight excluding hydrogens is 395 g/mol. The van der Waals surface area contributed by atoms with Crippen molar-refractivity contribution in [3.63, 3.8) is 0 Å². The van der Waals surface area contributed by atoms with Crippen LogP contribution < -0.4 is 5.32 Å². The Morgan fingerprint density at radius 1 is 1.24 bits per heavy atom. The van der Waals surface area contributed by atoms with Gasteiger partial charge < -0.3 is 14.6 Å². The minimum absolute atomic E-state index is 0.120. The molecule has 1 amide bonds. The third kappa shape index (κ3) is 4.48. The summed E-state index contributed by atoms with van der Waals surface area (Å²) in [5, 5.41) is 2.67. The molecule has 0 saturated carbocycles. The van der Waals surface area contributed by atoms with Gasteiger partial charge in [-0.3, -0.25) is 4.79 Å². The quantitative estimate of drug-likeness (QED) is 0.759. The standard InChI is InChI=1S/C17H21BBrF2NO3/c1-10(23)22-9-11(18-24-16(2,3)17(4,5)25-18)6-13-14(19)7-12(20)8-15(13)21/h6-8H,9H2,1-5H3,(H,22,23). The second kappa shape index (κ2) is 7.17. The summed E-state index contributed by atoms with van der Waals surface area (Å²) in [5.74, 6) is -1.63. The van der Waals surface area contributed by atoms with Crippen LogP contribution in [0.5, 0.6) is 0 Å². The second-order valence-electron chi connectivity index (χ2n) is 7.00. The van der Waals surface area contributed by atoms with Gasteiger partial charge in [0.1, 0.15) is 11.6 Å². The predicted molar refractivity (Wildman–Crippen MR) is 96.8 cm³/mol. The number of hydrogen-bond acceptors (Lipinski definition) is 3. The van der Waals surface area contributed by atoms with Crippen LogP contribution in [0.3, 0.4) is 0 Å². The number of carbonyl (C=O) groups excluding carboxylic acids is 1. The molecule has 1 N–H and O–H groups in total. The molecule has 1 aromatic carbocycles. The zero-order chi connectivity index (χ0) is 19.0. The summed E-state index contributed by atoms with van der Waals surface area (Å²) in [6, 6.07) is 1.98. The van der Waals surface area contributed by atoms with Crippen LogP contribution in [0.4, 0.5) is 8.78 Å². The lowest BCUT2D eigenvalue weighted by Crippen LogP contribution is -2.41. The van der Waals surface area contributed by atoms with Crippen molar-refractivity contribution in [2.75, 3.05) is 6.54 Å². The molecule has 1 aliphatic heterocycles. The number of amides is 1. The van der Waals surface area contributed by atoms with Gasteiger partial charge in [0, 0.05) is 29.6 Å². The fraction of sp³-hybridized carbons (Fsp3) is 0.471. The van der Waals surface area contributed by atoms with Gasteiger partial charge in [0.05, 0.1) is 11.2 Å². The molecule has 0 unspecified atom stereocenters. The van der Waals surface area contributed by atoms with Crippen LogP contribution in [0.15, 0.2) is 22.1 Å². The van der Waals surface area contributed by atoms with Crippen molar-refractivity contribution >= 4 is 35.0 Å². The number of benzene rings is 1. The Hall–Kier alpha value is -1.25. The topological polar surface area (TPSA) is 47.6 Å². The fourth-order valence-corrected chi connectivity index (χ4v) is 2.82. The van der Waals surface area contributed by atoms with E-state index in [2.05, 4.69) is 21.2 Å². The second-order valence-corrected chi connectivity index (χ2v) is 7.85. The normalized spacial score (nSPS) is 19.2. The summed E-state index contributed by atoms with van der Waals surface area (Å²) in [5.41, 5.74) is -0.464. The Bertz CT molecular complexity index is 683. The maximum atomic E-state index is 14.2. The van der Waals surface area contributed by atoms with E-state index in [1.807, 2.05) is 27.7 Å². The van der Waals surface area contributed by atoms with Crippen molar-refractivity contribution in [3.8, 4) is 0 Å². The minimum atomic E-state index is -0.756. The van der Waals surface area contributed by atoms with Crippen LogP contribution in [0.2, 0.25) is 0 Å². The van der Waals surface area contributed by atoms with Gasteiger partial charge in [-0.25, -0.2) is 8.78 Å². The first-order valence-electron chi connectivity index (χ1n) is 7.88. The van der Waals surface area contributed by atoms with Gasteiger partial charge in [-0.1, -0.05) is 6.08 Å². The molecule has 0 atom stereocenters. The molecule has 0 spiro atoms. The maximum Gasteiger partial charge on any atom is 0.492 e. The van der Waals surface area contributed by atoms with E-state index < -0.39 is 30.0 Å². The summed E-state index contributed by atoms with van der Waals surface area (Å²) in [4.78, 5) is 11.3. The summed E-state index contributed by atoms with van der Waals surface area (Å²) < 4.78 is 39.7. The number of hydrogen-bond donors (Lipinski definition) is 1. The number of rotatable bonds is 4. The fourth-order valence-electron chi connectivity index (χ4n) is 2.30.